The maximum Gasteiger partial charge on any atom is 0.0702 e. The number of thioether (sulfide) groups is 1. The molecule has 0 bridgehead atoms. The van der Waals surface area contributed by atoms with Crippen LogP contribution < -0.4 is 10.6 Å². The molecule has 2 aliphatic heterocycles. The van der Waals surface area contributed by atoms with Crippen molar-refractivity contribution in [1.29, 1.82) is 5.26 Å². The summed E-state index contributed by atoms with van der Waals surface area (Å²) in [6, 6.07) is 3.15. The van der Waals surface area contributed by atoms with Gasteiger partial charge in [-0.3, -0.25) is 0 Å². The van der Waals surface area contributed by atoms with Gasteiger partial charge in [0.25, 0.3) is 0 Å². The van der Waals surface area contributed by atoms with E-state index in [0.29, 0.717) is 18.1 Å². The normalized spacial score (nSPS) is 46.1. The molecule has 152 valence electrons. The summed E-state index contributed by atoms with van der Waals surface area (Å²) in [6.07, 6.45) is 10.7. The van der Waals surface area contributed by atoms with Crippen molar-refractivity contribution in [2.45, 2.75) is 75.7 Å². The van der Waals surface area contributed by atoms with E-state index in [2.05, 4.69) is 35.4 Å². The van der Waals surface area contributed by atoms with Crippen molar-refractivity contribution in [2.24, 2.45) is 29.6 Å². The van der Waals surface area contributed by atoms with Crippen LogP contribution in [-0.2, 0) is 4.74 Å². The Kier molecular flexibility index (Phi) is 7.03. The average Bonchev–Trinajstić information content (AvgIpc) is 3.14. The Morgan fingerprint density at radius 1 is 1.15 bits per heavy atom. The minimum absolute atomic E-state index is 0.322. The zero-order valence-electron chi connectivity index (χ0n) is 16.9. The molecule has 6 unspecified atom stereocenters. The molecule has 2 N–H and O–H groups in total. The summed E-state index contributed by atoms with van der Waals surface area (Å²) in [5.41, 5.74) is 0. The van der Waals surface area contributed by atoms with Gasteiger partial charge in [0.05, 0.1) is 18.8 Å². The van der Waals surface area contributed by atoms with Crippen molar-refractivity contribution in [2.75, 3.05) is 25.6 Å². The first-order chi connectivity index (χ1) is 13.3. The monoisotopic (exact) mass is 391 g/mol. The van der Waals surface area contributed by atoms with Crippen molar-refractivity contribution in [3.63, 3.8) is 0 Å². The predicted molar refractivity (Wildman–Crippen MR) is 111 cm³/mol. The standard InChI is InChI=1S/C22H37N3OS/c1-15-22(27-14-25-15)21-18(11-19-13-24-9-10-26-19)3-2-4-20(21)17-7-5-16(12-23)6-8-17/h15-22,24-25H,2-11,13-14H2,1H3. The van der Waals surface area contributed by atoms with E-state index in [1.54, 1.807) is 0 Å². The van der Waals surface area contributed by atoms with Gasteiger partial charge in [0.2, 0.25) is 0 Å². The minimum Gasteiger partial charge on any atom is -0.376 e. The van der Waals surface area contributed by atoms with Gasteiger partial charge in [-0.05, 0) is 69.1 Å². The molecule has 6 atom stereocenters. The summed E-state index contributed by atoms with van der Waals surface area (Å²) < 4.78 is 6.11. The van der Waals surface area contributed by atoms with Gasteiger partial charge in [0, 0.05) is 36.2 Å². The fraction of sp³-hybridized carbons (Fsp3) is 0.955. The van der Waals surface area contributed by atoms with Gasteiger partial charge in [-0.15, -0.1) is 11.8 Å². The van der Waals surface area contributed by atoms with Gasteiger partial charge >= 0.3 is 0 Å². The maximum absolute atomic E-state index is 9.29. The van der Waals surface area contributed by atoms with Gasteiger partial charge in [-0.1, -0.05) is 12.8 Å². The second-order valence-electron chi connectivity index (χ2n) is 9.37. The number of nitrogens with one attached hydrogen (secondary N) is 2. The molecule has 4 nitrogen and oxygen atoms in total. The topological polar surface area (TPSA) is 57.1 Å². The Bertz CT molecular complexity index is 510. The Morgan fingerprint density at radius 3 is 2.67 bits per heavy atom. The molecule has 2 heterocycles. The lowest BCUT2D eigenvalue weighted by Gasteiger charge is -2.48. The summed E-state index contributed by atoms with van der Waals surface area (Å²) in [6.45, 7) is 5.32. The number of morpholine rings is 1. The van der Waals surface area contributed by atoms with E-state index in [-0.39, 0.29) is 0 Å². The van der Waals surface area contributed by atoms with E-state index in [1.165, 1.54) is 38.5 Å². The molecule has 2 saturated heterocycles. The molecule has 0 aromatic carbocycles. The Morgan fingerprint density at radius 2 is 2.00 bits per heavy atom. The van der Waals surface area contributed by atoms with Crippen LogP contribution in [0.2, 0.25) is 0 Å². The molecule has 27 heavy (non-hydrogen) atoms. The highest BCUT2D eigenvalue weighted by molar-refractivity contribution is 8.00. The number of nitrogens with zero attached hydrogens (tertiary/aromatic N) is 1. The molecule has 0 aromatic heterocycles. The van der Waals surface area contributed by atoms with Gasteiger partial charge in [-0.25, -0.2) is 0 Å². The highest BCUT2D eigenvalue weighted by atomic mass is 32.2. The van der Waals surface area contributed by atoms with Crippen LogP contribution in [0.25, 0.3) is 0 Å². The highest BCUT2D eigenvalue weighted by Gasteiger charge is 2.46. The molecule has 5 heteroatoms. The first-order valence-electron chi connectivity index (χ1n) is 11.3. The fourth-order valence-electron chi connectivity index (χ4n) is 6.45. The Labute approximate surface area is 169 Å². The Hall–Kier alpha value is -0.280. The summed E-state index contributed by atoms with van der Waals surface area (Å²) in [4.78, 5) is 0. The van der Waals surface area contributed by atoms with Crippen LogP contribution in [0.1, 0.15) is 58.3 Å². The van der Waals surface area contributed by atoms with E-state index in [9.17, 15) is 5.26 Å². The van der Waals surface area contributed by atoms with Gasteiger partial charge in [0.1, 0.15) is 0 Å². The second-order valence-corrected chi connectivity index (χ2v) is 10.5. The van der Waals surface area contributed by atoms with Crippen molar-refractivity contribution >= 4 is 11.8 Å². The van der Waals surface area contributed by atoms with Crippen LogP contribution in [0.5, 0.6) is 0 Å². The Balaban J connectivity index is 1.49. The first-order valence-corrected chi connectivity index (χ1v) is 12.4. The quantitative estimate of drug-likeness (QED) is 0.764. The van der Waals surface area contributed by atoms with Crippen molar-refractivity contribution in [3.05, 3.63) is 0 Å². The lowest BCUT2D eigenvalue weighted by atomic mass is 9.60. The van der Waals surface area contributed by atoms with Crippen LogP contribution in [0.4, 0.5) is 0 Å². The first kappa shape index (κ1) is 20.0. The van der Waals surface area contributed by atoms with Crippen molar-refractivity contribution in [3.8, 4) is 6.07 Å². The lowest BCUT2D eigenvalue weighted by molar-refractivity contribution is -0.0136. The number of hydrogen-bond acceptors (Lipinski definition) is 5. The van der Waals surface area contributed by atoms with Crippen LogP contribution in [0.3, 0.4) is 0 Å². The largest absolute Gasteiger partial charge is 0.376 e. The zero-order chi connectivity index (χ0) is 18.6. The molecule has 4 aliphatic rings. The van der Waals surface area contributed by atoms with E-state index in [1.807, 2.05) is 0 Å². The smallest absolute Gasteiger partial charge is 0.0702 e. The molecular weight excluding hydrogens is 354 g/mol. The molecule has 4 rings (SSSR count). The summed E-state index contributed by atoms with van der Waals surface area (Å²) in [5, 5.41) is 17.3. The molecule has 0 aromatic rings. The molecule has 0 amide bonds. The summed E-state index contributed by atoms with van der Waals surface area (Å²) >= 11 is 2.18. The average molecular weight is 392 g/mol. The van der Waals surface area contributed by atoms with Crippen LogP contribution in [-0.4, -0.2) is 43.0 Å². The molecule has 0 spiro atoms. The third kappa shape index (κ3) is 4.66. The third-order valence-electron chi connectivity index (χ3n) is 7.83. The van der Waals surface area contributed by atoms with Crippen LogP contribution in [0, 0.1) is 40.9 Å². The van der Waals surface area contributed by atoms with Crippen LogP contribution >= 0.6 is 11.8 Å². The van der Waals surface area contributed by atoms with Gasteiger partial charge in [0.15, 0.2) is 0 Å². The third-order valence-corrected chi connectivity index (χ3v) is 9.28. The second kappa shape index (κ2) is 9.48. The van der Waals surface area contributed by atoms with E-state index in [4.69, 9.17) is 4.74 Å². The summed E-state index contributed by atoms with van der Waals surface area (Å²) in [7, 11) is 0. The number of hydrogen-bond donors (Lipinski definition) is 2. The van der Waals surface area contributed by atoms with Crippen molar-refractivity contribution in [1.82, 2.24) is 10.6 Å². The van der Waals surface area contributed by atoms with E-state index < -0.39 is 0 Å². The zero-order valence-corrected chi connectivity index (χ0v) is 17.7. The number of rotatable bonds is 4. The highest BCUT2D eigenvalue weighted by Crippen LogP contribution is 2.51. The van der Waals surface area contributed by atoms with E-state index in [0.717, 1.165) is 67.3 Å². The molecule has 4 fully saturated rings. The molecule has 0 radical (unpaired) electrons. The maximum atomic E-state index is 9.29. The van der Waals surface area contributed by atoms with E-state index >= 15 is 0 Å². The number of ether oxygens (including phenoxy) is 1. The SMILES string of the molecule is CC1NCSC1C1C(CC2CNCCO2)CCCC1C1CCC(C#N)CC1. The fourth-order valence-corrected chi connectivity index (χ4v) is 8.04. The molecular formula is C22H37N3OS. The molecule has 2 aliphatic carbocycles. The van der Waals surface area contributed by atoms with Gasteiger partial charge in [-0.2, -0.15) is 5.26 Å². The minimum atomic E-state index is 0.322. The lowest BCUT2D eigenvalue weighted by Crippen LogP contribution is -2.47. The predicted octanol–water partition coefficient (Wildman–Crippen LogP) is 3.78. The van der Waals surface area contributed by atoms with Crippen LogP contribution in [0.15, 0.2) is 0 Å². The van der Waals surface area contributed by atoms with Gasteiger partial charge < -0.3 is 15.4 Å². The summed E-state index contributed by atoms with van der Waals surface area (Å²) in [5.74, 6) is 4.78. The van der Waals surface area contributed by atoms with Crippen molar-refractivity contribution < 1.29 is 4.74 Å². The number of nitriles is 1. The molecule has 2 saturated carbocycles.